The molecule has 0 amide bonds. The molecule has 0 saturated heterocycles. The van der Waals surface area contributed by atoms with E-state index in [1.54, 1.807) is 24.3 Å². The molecule has 0 aromatic heterocycles. The lowest BCUT2D eigenvalue weighted by Crippen LogP contribution is -2.07. The Morgan fingerprint density at radius 2 is 1.81 bits per heavy atom. The van der Waals surface area contributed by atoms with Crippen molar-refractivity contribution >= 4 is 46.2 Å². The van der Waals surface area contributed by atoms with Gasteiger partial charge < -0.3 is 5.32 Å². The molecule has 2 aromatic rings. The zero-order valence-corrected chi connectivity index (χ0v) is 13.2. The van der Waals surface area contributed by atoms with Crippen molar-refractivity contribution in [3.05, 3.63) is 67.1 Å². The summed E-state index contributed by atoms with van der Waals surface area (Å²) in [5.41, 5.74) is 1.36. The predicted molar refractivity (Wildman–Crippen MR) is 86.6 cm³/mol. The zero-order chi connectivity index (χ0) is 15.6. The molecule has 2 rings (SSSR count). The molecule has 0 heterocycles. The minimum absolute atomic E-state index is 0.0781. The summed E-state index contributed by atoms with van der Waals surface area (Å²) >= 11 is 18.0. The predicted octanol–water partition coefficient (Wildman–Crippen LogP) is 5.73. The maximum Gasteiger partial charge on any atom is 0.288 e. The molecule has 1 N–H and O–H groups in total. The SMILES string of the molecule is CC(Nc1ccc([N+](=O)[O-])c(Cl)c1)c1cc(Cl)ccc1Cl. The Bertz CT molecular complexity index is 692. The smallest absolute Gasteiger partial charge is 0.288 e. The first-order valence-corrected chi connectivity index (χ1v) is 7.17. The van der Waals surface area contributed by atoms with Gasteiger partial charge in [-0.25, -0.2) is 0 Å². The lowest BCUT2D eigenvalue weighted by molar-refractivity contribution is -0.384. The van der Waals surface area contributed by atoms with Crippen molar-refractivity contribution in [3.8, 4) is 0 Å². The molecule has 1 unspecified atom stereocenters. The van der Waals surface area contributed by atoms with Crippen molar-refractivity contribution in [2.45, 2.75) is 13.0 Å². The van der Waals surface area contributed by atoms with Crippen LogP contribution in [0.15, 0.2) is 36.4 Å². The monoisotopic (exact) mass is 344 g/mol. The standard InChI is InChI=1S/C14H11Cl3N2O2/c1-8(11-6-9(15)2-4-12(11)16)18-10-3-5-14(19(20)21)13(17)7-10/h2-8,18H,1H3. The largest absolute Gasteiger partial charge is 0.378 e. The fourth-order valence-corrected chi connectivity index (χ4v) is 2.63. The van der Waals surface area contributed by atoms with Crippen LogP contribution in [0.25, 0.3) is 0 Å². The minimum Gasteiger partial charge on any atom is -0.378 e. The summed E-state index contributed by atoms with van der Waals surface area (Å²) < 4.78 is 0. The van der Waals surface area contributed by atoms with Gasteiger partial charge in [-0.3, -0.25) is 10.1 Å². The Morgan fingerprint density at radius 1 is 1.10 bits per heavy atom. The van der Waals surface area contributed by atoms with Gasteiger partial charge in [-0.15, -0.1) is 0 Å². The third-order valence-corrected chi connectivity index (χ3v) is 3.83. The van der Waals surface area contributed by atoms with Crippen LogP contribution in [0.4, 0.5) is 11.4 Å². The van der Waals surface area contributed by atoms with Crippen molar-refractivity contribution in [2.24, 2.45) is 0 Å². The highest BCUT2D eigenvalue weighted by Crippen LogP contribution is 2.31. The van der Waals surface area contributed by atoms with Gasteiger partial charge in [-0.05, 0) is 42.8 Å². The van der Waals surface area contributed by atoms with Crippen molar-refractivity contribution < 1.29 is 4.92 Å². The van der Waals surface area contributed by atoms with Gasteiger partial charge in [0.2, 0.25) is 0 Å². The Morgan fingerprint density at radius 3 is 2.43 bits per heavy atom. The summed E-state index contributed by atoms with van der Waals surface area (Å²) in [6, 6.07) is 9.54. The second kappa shape index (κ2) is 6.52. The van der Waals surface area contributed by atoms with Gasteiger partial charge in [0.1, 0.15) is 5.02 Å². The number of hydrogen-bond donors (Lipinski definition) is 1. The van der Waals surface area contributed by atoms with Crippen molar-refractivity contribution in [1.29, 1.82) is 0 Å². The van der Waals surface area contributed by atoms with Crippen LogP contribution in [-0.2, 0) is 0 Å². The first-order chi connectivity index (χ1) is 9.88. The average molecular weight is 346 g/mol. The average Bonchev–Trinajstić information content (AvgIpc) is 2.41. The Kier molecular flexibility index (Phi) is 4.93. The molecule has 7 heteroatoms. The summed E-state index contributed by atoms with van der Waals surface area (Å²) in [7, 11) is 0. The molecule has 0 aliphatic carbocycles. The third kappa shape index (κ3) is 3.79. The van der Waals surface area contributed by atoms with Gasteiger partial charge in [-0.2, -0.15) is 0 Å². The lowest BCUT2D eigenvalue weighted by atomic mass is 10.1. The van der Waals surface area contributed by atoms with E-state index < -0.39 is 4.92 Å². The highest BCUT2D eigenvalue weighted by molar-refractivity contribution is 6.33. The van der Waals surface area contributed by atoms with Crippen LogP contribution in [0.2, 0.25) is 15.1 Å². The Hall–Kier alpha value is -1.49. The zero-order valence-electron chi connectivity index (χ0n) is 10.9. The number of rotatable bonds is 4. The molecule has 21 heavy (non-hydrogen) atoms. The van der Waals surface area contributed by atoms with Crippen LogP contribution >= 0.6 is 34.8 Å². The fourth-order valence-electron chi connectivity index (χ4n) is 1.92. The van der Waals surface area contributed by atoms with E-state index in [2.05, 4.69) is 5.32 Å². The van der Waals surface area contributed by atoms with Gasteiger partial charge in [0.15, 0.2) is 0 Å². The summed E-state index contributed by atoms with van der Waals surface area (Å²) in [6.45, 7) is 1.91. The quantitative estimate of drug-likeness (QED) is 0.569. The maximum atomic E-state index is 10.7. The van der Waals surface area contributed by atoms with Crippen molar-refractivity contribution in [3.63, 3.8) is 0 Å². The molecule has 0 spiro atoms. The molecule has 0 bridgehead atoms. The topological polar surface area (TPSA) is 55.2 Å². The first-order valence-electron chi connectivity index (χ1n) is 6.04. The van der Waals surface area contributed by atoms with E-state index in [1.165, 1.54) is 12.1 Å². The molecule has 110 valence electrons. The first kappa shape index (κ1) is 15.9. The van der Waals surface area contributed by atoms with Crippen LogP contribution in [0.3, 0.4) is 0 Å². The van der Waals surface area contributed by atoms with E-state index in [4.69, 9.17) is 34.8 Å². The number of nitro benzene ring substituents is 1. The molecule has 0 fully saturated rings. The number of anilines is 1. The van der Waals surface area contributed by atoms with Crippen molar-refractivity contribution in [2.75, 3.05) is 5.32 Å². The summed E-state index contributed by atoms with van der Waals surface area (Å²) in [6.07, 6.45) is 0. The molecule has 0 radical (unpaired) electrons. The van der Waals surface area contributed by atoms with E-state index >= 15 is 0 Å². The van der Waals surface area contributed by atoms with Crippen molar-refractivity contribution in [1.82, 2.24) is 0 Å². The molecule has 0 aliphatic heterocycles. The summed E-state index contributed by atoms with van der Waals surface area (Å²) in [5.74, 6) is 0. The Balaban J connectivity index is 2.23. The van der Waals surface area contributed by atoms with Crippen LogP contribution in [-0.4, -0.2) is 4.92 Å². The molecule has 0 aliphatic rings. The second-order valence-corrected chi connectivity index (χ2v) is 5.71. The van der Waals surface area contributed by atoms with Gasteiger partial charge in [0, 0.05) is 21.8 Å². The minimum atomic E-state index is -0.524. The van der Waals surface area contributed by atoms with E-state index in [-0.39, 0.29) is 16.8 Å². The maximum absolute atomic E-state index is 10.7. The van der Waals surface area contributed by atoms with E-state index in [1.807, 2.05) is 6.92 Å². The fraction of sp³-hybridized carbons (Fsp3) is 0.143. The van der Waals surface area contributed by atoms with E-state index in [9.17, 15) is 10.1 Å². The van der Waals surface area contributed by atoms with Crippen LogP contribution in [0.1, 0.15) is 18.5 Å². The number of halogens is 3. The molecule has 4 nitrogen and oxygen atoms in total. The summed E-state index contributed by atoms with van der Waals surface area (Å²) in [4.78, 5) is 10.2. The highest BCUT2D eigenvalue weighted by atomic mass is 35.5. The van der Waals surface area contributed by atoms with Gasteiger partial charge >= 0.3 is 0 Å². The molecule has 2 aromatic carbocycles. The molecular formula is C14H11Cl3N2O2. The normalized spacial score (nSPS) is 12.0. The van der Waals surface area contributed by atoms with Crippen LogP contribution in [0, 0.1) is 10.1 Å². The van der Waals surface area contributed by atoms with Crippen LogP contribution < -0.4 is 5.32 Å². The number of hydrogen-bond acceptors (Lipinski definition) is 3. The lowest BCUT2D eigenvalue weighted by Gasteiger charge is -2.17. The Labute approximate surface area is 136 Å². The number of nitro groups is 1. The molecule has 1 atom stereocenters. The van der Waals surface area contributed by atoms with Gasteiger partial charge in [0.25, 0.3) is 5.69 Å². The second-order valence-electron chi connectivity index (χ2n) is 4.46. The number of nitrogens with one attached hydrogen (secondary N) is 1. The summed E-state index contributed by atoms with van der Waals surface area (Å²) in [5, 5.41) is 15.2. The third-order valence-electron chi connectivity index (χ3n) is 2.95. The number of nitrogens with zero attached hydrogens (tertiary/aromatic N) is 1. The molecular weight excluding hydrogens is 335 g/mol. The van der Waals surface area contributed by atoms with E-state index in [0.717, 1.165) is 5.56 Å². The molecule has 0 saturated carbocycles. The highest BCUT2D eigenvalue weighted by Gasteiger charge is 2.14. The van der Waals surface area contributed by atoms with Gasteiger partial charge in [-0.1, -0.05) is 34.8 Å². The number of benzene rings is 2. The van der Waals surface area contributed by atoms with E-state index in [0.29, 0.717) is 15.7 Å². The van der Waals surface area contributed by atoms with Crippen LogP contribution in [0.5, 0.6) is 0 Å². The van der Waals surface area contributed by atoms with Gasteiger partial charge in [0.05, 0.1) is 11.0 Å².